The molecule has 2 aromatic heterocycles. The zero-order valence-corrected chi connectivity index (χ0v) is 16.0. The number of pyridine rings is 1. The van der Waals surface area contributed by atoms with Gasteiger partial charge in [0.1, 0.15) is 11.5 Å². The first-order valence-corrected chi connectivity index (χ1v) is 9.48. The van der Waals surface area contributed by atoms with Crippen molar-refractivity contribution >= 4 is 38.6 Å². The number of piperidine rings is 1. The third kappa shape index (κ3) is 3.64. The molecule has 1 fully saturated rings. The Morgan fingerprint density at radius 2 is 2.30 bits per heavy atom. The Kier molecular flexibility index (Phi) is 4.77. The number of amides is 1. The number of benzene rings is 1. The van der Waals surface area contributed by atoms with Gasteiger partial charge in [-0.1, -0.05) is 15.9 Å². The lowest BCUT2D eigenvalue weighted by Crippen LogP contribution is -2.48. The molecule has 1 aliphatic rings. The first-order valence-electron chi connectivity index (χ1n) is 8.68. The van der Waals surface area contributed by atoms with Gasteiger partial charge in [0.05, 0.1) is 29.7 Å². The van der Waals surface area contributed by atoms with Crippen LogP contribution in [0.5, 0.6) is 0 Å². The zero-order valence-electron chi connectivity index (χ0n) is 14.4. The van der Waals surface area contributed by atoms with Gasteiger partial charge in [-0.15, -0.1) is 0 Å². The molecule has 1 saturated heterocycles. The molecule has 1 unspecified atom stereocenters. The molecule has 3 aromatic rings. The van der Waals surface area contributed by atoms with Crippen molar-refractivity contribution in [2.24, 2.45) is 0 Å². The Morgan fingerprint density at radius 3 is 3.07 bits per heavy atom. The summed E-state index contributed by atoms with van der Waals surface area (Å²) in [6.07, 6.45) is 4.85. The topological polar surface area (TPSA) is 97.7 Å². The van der Waals surface area contributed by atoms with Crippen LogP contribution in [0.25, 0.3) is 10.9 Å². The molecule has 27 heavy (non-hydrogen) atoms. The summed E-state index contributed by atoms with van der Waals surface area (Å²) in [7, 11) is 0. The van der Waals surface area contributed by atoms with Crippen molar-refractivity contribution in [3.05, 3.63) is 52.5 Å². The quantitative estimate of drug-likeness (QED) is 0.673. The van der Waals surface area contributed by atoms with E-state index in [-0.39, 0.29) is 11.9 Å². The van der Waals surface area contributed by atoms with Gasteiger partial charge in [0.15, 0.2) is 0 Å². The van der Waals surface area contributed by atoms with Crippen LogP contribution in [0.2, 0.25) is 0 Å². The maximum absolute atomic E-state index is 12.3. The Labute approximate surface area is 164 Å². The molecule has 7 nitrogen and oxygen atoms in total. The Balaban J connectivity index is 1.57. The second kappa shape index (κ2) is 7.37. The van der Waals surface area contributed by atoms with Gasteiger partial charge in [-0.05, 0) is 37.1 Å². The summed E-state index contributed by atoms with van der Waals surface area (Å²) < 4.78 is 0.917. The Hall–Kier alpha value is -2.92. The summed E-state index contributed by atoms with van der Waals surface area (Å²) in [5, 5.41) is 13.4. The molecule has 0 saturated carbocycles. The predicted molar refractivity (Wildman–Crippen MR) is 105 cm³/mol. The van der Waals surface area contributed by atoms with E-state index >= 15 is 0 Å². The lowest BCUT2D eigenvalue weighted by Gasteiger charge is -2.34. The summed E-state index contributed by atoms with van der Waals surface area (Å²) in [6, 6.07) is 9.85. The van der Waals surface area contributed by atoms with Crippen LogP contribution in [0.1, 0.15) is 28.9 Å². The molecule has 8 heteroatoms. The number of aromatic amines is 1. The molecule has 2 N–H and O–H groups in total. The van der Waals surface area contributed by atoms with Crippen molar-refractivity contribution in [2.75, 3.05) is 18.0 Å². The maximum atomic E-state index is 12.3. The van der Waals surface area contributed by atoms with Crippen molar-refractivity contribution in [3.8, 4) is 6.07 Å². The van der Waals surface area contributed by atoms with Crippen LogP contribution < -0.4 is 10.2 Å². The Morgan fingerprint density at radius 1 is 1.41 bits per heavy atom. The van der Waals surface area contributed by atoms with Crippen LogP contribution in [0.4, 0.5) is 5.82 Å². The fraction of sp³-hybridized carbons (Fsp3) is 0.263. The van der Waals surface area contributed by atoms with E-state index in [1.165, 1.54) is 12.5 Å². The number of hydrogen-bond acceptors (Lipinski definition) is 5. The number of rotatable bonds is 3. The average molecular weight is 425 g/mol. The number of anilines is 1. The fourth-order valence-electron chi connectivity index (χ4n) is 3.38. The summed E-state index contributed by atoms with van der Waals surface area (Å²) in [5.41, 5.74) is 1.84. The predicted octanol–water partition coefficient (Wildman–Crippen LogP) is 2.99. The molecule has 0 bridgehead atoms. The second-order valence-corrected chi connectivity index (χ2v) is 7.44. The van der Waals surface area contributed by atoms with Gasteiger partial charge in [-0.3, -0.25) is 4.79 Å². The van der Waals surface area contributed by atoms with Gasteiger partial charge < -0.3 is 15.2 Å². The van der Waals surface area contributed by atoms with E-state index in [4.69, 9.17) is 4.98 Å². The van der Waals surface area contributed by atoms with Crippen LogP contribution in [-0.4, -0.2) is 40.0 Å². The maximum Gasteiger partial charge on any atom is 0.269 e. The molecule has 1 aliphatic heterocycles. The zero-order chi connectivity index (χ0) is 18.8. The number of fused-ring (bicyclic) bond motifs is 1. The van der Waals surface area contributed by atoms with Crippen LogP contribution in [-0.2, 0) is 0 Å². The highest BCUT2D eigenvalue weighted by Gasteiger charge is 2.24. The SMILES string of the molecule is N#Cc1cc(N2CCCC(NC(=O)c3cnc[nH]3)C2)nc2ccc(Br)cc12. The second-order valence-electron chi connectivity index (χ2n) is 6.53. The van der Waals surface area contributed by atoms with Crippen LogP contribution >= 0.6 is 15.9 Å². The number of nitrogens with zero attached hydrogens (tertiary/aromatic N) is 4. The van der Waals surface area contributed by atoms with E-state index in [1.54, 1.807) is 0 Å². The number of carbonyl (C=O) groups is 1. The van der Waals surface area contributed by atoms with Crippen LogP contribution in [0.3, 0.4) is 0 Å². The molecular weight excluding hydrogens is 408 g/mol. The molecule has 1 amide bonds. The number of aromatic nitrogens is 3. The smallest absolute Gasteiger partial charge is 0.269 e. The van der Waals surface area contributed by atoms with Crippen LogP contribution in [0, 0.1) is 11.3 Å². The van der Waals surface area contributed by atoms with Gasteiger partial charge in [0.25, 0.3) is 5.91 Å². The summed E-state index contributed by atoms with van der Waals surface area (Å²) in [4.78, 5) is 25.8. The van der Waals surface area contributed by atoms with E-state index in [2.05, 4.69) is 42.2 Å². The number of carbonyl (C=O) groups excluding carboxylic acids is 1. The molecule has 0 radical (unpaired) electrons. The minimum Gasteiger partial charge on any atom is -0.355 e. The van der Waals surface area contributed by atoms with Gasteiger partial charge in [0, 0.05) is 29.0 Å². The summed E-state index contributed by atoms with van der Waals surface area (Å²) in [5.74, 6) is 0.607. The molecule has 1 atom stereocenters. The minimum absolute atomic E-state index is 0.0162. The van der Waals surface area contributed by atoms with Crippen LogP contribution in [0.15, 0.2) is 41.3 Å². The molecule has 1 aromatic carbocycles. The van der Waals surface area contributed by atoms with E-state index < -0.39 is 0 Å². The highest BCUT2D eigenvalue weighted by Crippen LogP contribution is 2.27. The van der Waals surface area contributed by atoms with E-state index in [0.29, 0.717) is 17.8 Å². The fourth-order valence-corrected chi connectivity index (χ4v) is 3.75. The lowest BCUT2D eigenvalue weighted by molar-refractivity contribution is 0.0928. The number of halogens is 1. The lowest BCUT2D eigenvalue weighted by atomic mass is 10.0. The summed E-state index contributed by atoms with van der Waals surface area (Å²) in [6.45, 7) is 1.50. The van der Waals surface area contributed by atoms with Crippen molar-refractivity contribution in [1.29, 1.82) is 5.26 Å². The molecule has 0 spiro atoms. The molecule has 0 aliphatic carbocycles. The van der Waals surface area contributed by atoms with Crippen molar-refractivity contribution in [2.45, 2.75) is 18.9 Å². The third-order valence-corrected chi connectivity index (χ3v) is 5.19. The van der Waals surface area contributed by atoms with E-state index in [0.717, 1.165) is 40.6 Å². The Bertz CT molecular complexity index is 1030. The van der Waals surface area contributed by atoms with Gasteiger partial charge in [-0.25, -0.2) is 9.97 Å². The first-order chi connectivity index (χ1) is 13.1. The molecular formula is C19H17BrN6O. The van der Waals surface area contributed by atoms with Crippen molar-refractivity contribution in [1.82, 2.24) is 20.3 Å². The standard InChI is InChI=1S/C19H17BrN6O/c20-13-3-4-16-15(7-13)12(8-21)6-18(25-16)26-5-1-2-14(10-26)24-19(27)17-9-22-11-23-17/h3-4,6-7,9,11,14H,1-2,5,10H2,(H,22,23)(H,24,27). The minimum atomic E-state index is -0.159. The van der Waals surface area contributed by atoms with Crippen molar-refractivity contribution < 1.29 is 4.79 Å². The average Bonchev–Trinajstić information content (AvgIpc) is 3.22. The number of imidazole rings is 1. The highest BCUT2D eigenvalue weighted by molar-refractivity contribution is 9.10. The van der Waals surface area contributed by atoms with Gasteiger partial charge in [0.2, 0.25) is 0 Å². The van der Waals surface area contributed by atoms with E-state index in [9.17, 15) is 10.1 Å². The number of H-pyrrole nitrogens is 1. The van der Waals surface area contributed by atoms with Gasteiger partial charge in [-0.2, -0.15) is 5.26 Å². The molecule has 4 rings (SSSR count). The molecule has 136 valence electrons. The number of nitriles is 1. The highest BCUT2D eigenvalue weighted by atomic mass is 79.9. The summed E-state index contributed by atoms with van der Waals surface area (Å²) >= 11 is 3.44. The van der Waals surface area contributed by atoms with Gasteiger partial charge >= 0.3 is 0 Å². The number of hydrogen-bond donors (Lipinski definition) is 2. The monoisotopic (exact) mass is 424 g/mol. The van der Waals surface area contributed by atoms with E-state index in [1.807, 2.05) is 24.3 Å². The first kappa shape index (κ1) is 17.5. The third-order valence-electron chi connectivity index (χ3n) is 4.70. The largest absolute Gasteiger partial charge is 0.355 e. The number of nitrogens with one attached hydrogen (secondary N) is 2. The molecule has 3 heterocycles. The van der Waals surface area contributed by atoms with Crippen molar-refractivity contribution in [3.63, 3.8) is 0 Å². The normalized spacial score (nSPS) is 16.9.